The van der Waals surface area contributed by atoms with E-state index in [9.17, 15) is 27.6 Å². The topological polar surface area (TPSA) is 77.4 Å². The fourth-order valence-corrected chi connectivity index (χ4v) is 3.36. The Kier molecular flexibility index (Phi) is 6.32. The lowest BCUT2D eigenvalue weighted by atomic mass is 10.2. The van der Waals surface area contributed by atoms with Gasteiger partial charge in [0, 0.05) is 6.20 Å². The molecular weight excluding hydrogens is 409 g/mol. The Morgan fingerprint density at radius 2 is 2.00 bits per heavy atom. The summed E-state index contributed by atoms with van der Waals surface area (Å²) in [6, 6.07) is 2.03. The molecule has 2 rings (SSSR count). The SMILES string of the molecule is CCOC(=O)c1sc(NC(=O)Cn2cc(C(F)(F)F)cc(Cl)c2=O)cc1C. The van der Waals surface area contributed by atoms with Gasteiger partial charge in [0.1, 0.15) is 16.4 Å². The summed E-state index contributed by atoms with van der Waals surface area (Å²) in [4.78, 5) is 36.1. The van der Waals surface area contributed by atoms with Gasteiger partial charge in [-0.25, -0.2) is 4.79 Å². The monoisotopic (exact) mass is 422 g/mol. The average Bonchev–Trinajstić information content (AvgIpc) is 2.91. The number of esters is 1. The number of aryl methyl sites for hydroxylation is 1. The first-order valence-electron chi connectivity index (χ1n) is 7.57. The number of nitrogens with zero attached hydrogens (tertiary/aromatic N) is 1. The molecule has 2 aromatic rings. The van der Waals surface area contributed by atoms with Crippen LogP contribution in [0.25, 0.3) is 0 Å². The molecular formula is C16H14ClF3N2O4S. The molecule has 0 saturated carbocycles. The molecule has 2 aromatic heterocycles. The van der Waals surface area contributed by atoms with Crippen molar-refractivity contribution in [1.29, 1.82) is 0 Å². The number of anilines is 1. The van der Waals surface area contributed by atoms with Gasteiger partial charge in [0.05, 0.1) is 17.2 Å². The van der Waals surface area contributed by atoms with Crippen LogP contribution in [-0.2, 0) is 22.3 Å². The summed E-state index contributed by atoms with van der Waals surface area (Å²) in [5.41, 5.74) is -1.49. The van der Waals surface area contributed by atoms with E-state index in [0.717, 1.165) is 11.3 Å². The predicted octanol–water partition coefficient (Wildman–Crippen LogP) is 3.71. The first kappa shape index (κ1) is 21.0. The highest BCUT2D eigenvalue weighted by atomic mass is 35.5. The lowest BCUT2D eigenvalue weighted by Crippen LogP contribution is -2.28. The molecule has 0 radical (unpaired) electrons. The molecule has 0 spiro atoms. The molecule has 0 saturated heterocycles. The minimum atomic E-state index is -4.71. The number of thiophene rings is 1. The maximum Gasteiger partial charge on any atom is 0.417 e. The van der Waals surface area contributed by atoms with Crippen LogP contribution < -0.4 is 10.9 Å². The highest BCUT2D eigenvalue weighted by Gasteiger charge is 2.32. The highest BCUT2D eigenvalue weighted by molar-refractivity contribution is 7.18. The van der Waals surface area contributed by atoms with Crippen molar-refractivity contribution in [3.63, 3.8) is 0 Å². The third kappa shape index (κ3) is 5.10. The van der Waals surface area contributed by atoms with Crippen LogP contribution in [0.3, 0.4) is 0 Å². The molecule has 0 aliphatic heterocycles. The quantitative estimate of drug-likeness (QED) is 0.745. The number of carbonyl (C=O) groups is 2. The van der Waals surface area contributed by atoms with E-state index in [1.807, 2.05) is 0 Å². The Labute approximate surface area is 160 Å². The molecule has 0 aliphatic carbocycles. The number of amides is 1. The molecule has 0 unspecified atom stereocenters. The number of alkyl halides is 3. The number of hydrogen-bond donors (Lipinski definition) is 1. The third-order valence-electron chi connectivity index (χ3n) is 3.32. The van der Waals surface area contributed by atoms with Gasteiger partial charge >= 0.3 is 12.1 Å². The maximum atomic E-state index is 12.8. The first-order valence-corrected chi connectivity index (χ1v) is 8.77. The molecule has 0 aliphatic rings. The lowest BCUT2D eigenvalue weighted by molar-refractivity contribution is -0.138. The minimum Gasteiger partial charge on any atom is -0.462 e. The smallest absolute Gasteiger partial charge is 0.417 e. The zero-order chi connectivity index (χ0) is 20.4. The van der Waals surface area contributed by atoms with Gasteiger partial charge in [-0.15, -0.1) is 11.3 Å². The van der Waals surface area contributed by atoms with Gasteiger partial charge in [0.25, 0.3) is 5.56 Å². The zero-order valence-corrected chi connectivity index (χ0v) is 15.7. The van der Waals surface area contributed by atoms with E-state index in [2.05, 4.69) is 5.32 Å². The second kappa shape index (κ2) is 8.13. The normalized spacial score (nSPS) is 11.3. The Morgan fingerprint density at radius 1 is 1.33 bits per heavy atom. The fraction of sp³-hybridized carbons (Fsp3) is 0.312. The molecule has 11 heteroatoms. The number of carbonyl (C=O) groups excluding carboxylic acids is 2. The molecule has 6 nitrogen and oxygen atoms in total. The fourth-order valence-electron chi connectivity index (χ4n) is 2.15. The van der Waals surface area contributed by atoms with Crippen LogP contribution >= 0.6 is 22.9 Å². The van der Waals surface area contributed by atoms with Gasteiger partial charge < -0.3 is 14.6 Å². The molecule has 0 aromatic carbocycles. The number of rotatable bonds is 5. The summed E-state index contributed by atoms with van der Waals surface area (Å²) in [6.45, 7) is 2.82. The Hall–Kier alpha value is -2.33. The third-order valence-corrected chi connectivity index (χ3v) is 4.73. The Balaban J connectivity index is 2.19. The van der Waals surface area contributed by atoms with E-state index in [0.29, 0.717) is 32.3 Å². The Bertz CT molecular complexity index is 937. The maximum absolute atomic E-state index is 12.8. The second-order valence-electron chi connectivity index (χ2n) is 5.40. The van der Waals surface area contributed by atoms with Crippen LogP contribution in [0.5, 0.6) is 0 Å². The molecule has 0 bridgehead atoms. The highest BCUT2D eigenvalue weighted by Crippen LogP contribution is 2.30. The Morgan fingerprint density at radius 3 is 2.59 bits per heavy atom. The molecule has 1 amide bonds. The van der Waals surface area contributed by atoms with Gasteiger partial charge in [0.15, 0.2) is 0 Å². The number of hydrogen-bond acceptors (Lipinski definition) is 5. The predicted molar refractivity (Wildman–Crippen MR) is 94.4 cm³/mol. The van der Waals surface area contributed by atoms with Crippen molar-refractivity contribution in [3.8, 4) is 0 Å². The van der Waals surface area contributed by atoms with E-state index >= 15 is 0 Å². The summed E-state index contributed by atoms with van der Waals surface area (Å²) in [5, 5.41) is 2.09. The lowest BCUT2D eigenvalue weighted by Gasteiger charge is -2.11. The number of nitrogens with one attached hydrogen (secondary N) is 1. The van der Waals surface area contributed by atoms with Gasteiger partial charge in [-0.1, -0.05) is 11.6 Å². The van der Waals surface area contributed by atoms with E-state index in [1.54, 1.807) is 13.8 Å². The van der Waals surface area contributed by atoms with Crippen molar-refractivity contribution in [2.45, 2.75) is 26.6 Å². The van der Waals surface area contributed by atoms with E-state index in [4.69, 9.17) is 16.3 Å². The number of ether oxygens (including phenoxy) is 1. The largest absolute Gasteiger partial charge is 0.462 e. The molecule has 2 heterocycles. The zero-order valence-electron chi connectivity index (χ0n) is 14.1. The summed E-state index contributed by atoms with van der Waals surface area (Å²) < 4.78 is 44.0. The molecule has 146 valence electrons. The number of halogens is 4. The van der Waals surface area contributed by atoms with Crippen molar-refractivity contribution in [3.05, 3.63) is 49.7 Å². The number of pyridine rings is 1. The van der Waals surface area contributed by atoms with Gasteiger partial charge in [-0.3, -0.25) is 9.59 Å². The van der Waals surface area contributed by atoms with Crippen LogP contribution in [-0.4, -0.2) is 23.1 Å². The van der Waals surface area contributed by atoms with E-state index in [1.165, 1.54) is 6.07 Å². The van der Waals surface area contributed by atoms with Crippen LogP contribution in [0.1, 0.15) is 27.7 Å². The summed E-state index contributed by atoms with van der Waals surface area (Å²) in [7, 11) is 0. The van der Waals surface area contributed by atoms with Crippen molar-refractivity contribution in [1.82, 2.24) is 4.57 Å². The van der Waals surface area contributed by atoms with Crippen molar-refractivity contribution in [2.75, 3.05) is 11.9 Å². The number of aromatic nitrogens is 1. The van der Waals surface area contributed by atoms with E-state index < -0.39 is 40.7 Å². The standard InChI is InChI=1S/C16H14ClF3N2O4S/c1-3-26-15(25)13-8(2)4-12(27-13)21-11(23)7-22-6-9(16(18,19)20)5-10(17)14(22)24/h4-6H,3,7H2,1-2H3,(H,21,23). The average molecular weight is 423 g/mol. The van der Waals surface area contributed by atoms with E-state index in [-0.39, 0.29) is 6.61 Å². The summed E-state index contributed by atoms with van der Waals surface area (Å²) in [5.74, 6) is -1.29. The van der Waals surface area contributed by atoms with Crippen molar-refractivity contribution >= 4 is 39.8 Å². The van der Waals surface area contributed by atoms with Crippen molar-refractivity contribution in [2.24, 2.45) is 0 Å². The summed E-state index contributed by atoms with van der Waals surface area (Å²) >= 11 is 6.50. The van der Waals surface area contributed by atoms with Crippen LogP contribution in [0.15, 0.2) is 23.1 Å². The van der Waals surface area contributed by atoms with Crippen LogP contribution in [0.4, 0.5) is 18.2 Å². The first-order chi connectivity index (χ1) is 12.5. The molecule has 27 heavy (non-hydrogen) atoms. The second-order valence-corrected chi connectivity index (χ2v) is 6.86. The molecule has 0 atom stereocenters. The van der Waals surface area contributed by atoms with Gasteiger partial charge in [-0.05, 0) is 31.5 Å². The van der Waals surface area contributed by atoms with Crippen molar-refractivity contribution < 1.29 is 27.5 Å². The van der Waals surface area contributed by atoms with Gasteiger partial charge in [-0.2, -0.15) is 13.2 Å². The minimum absolute atomic E-state index is 0.192. The van der Waals surface area contributed by atoms with Crippen LogP contribution in [0, 0.1) is 6.92 Å². The van der Waals surface area contributed by atoms with Gasteiger partial charge in [0.2, 0.25) is 5.91 Å². The van der Waals surface area contributed by atoms with Crippen LogP contribution in [0.2, 0.25) is 5.02 Å². The molecule has 1 N–H and O–H groups in total. The molecule has 0 fully saturated rings. The summed E-state index contributed by atoms with van der Waals surface area (Å²) in [6.07, 6.45) is -4.19.